The van der Waals surface area contributed by atoms with E-state index >= 15 is 0 Å². The van der Waals surface area contributed by atoms with E-state index in [-0.39, 0.29) is 5.78 Å². The molecule has 4 heteroatoms. The molecule has 8 rings (SSSR count). The lowest BCUT2D eigenvalue weighted by Crippen LogP contribution is -2.40. The Labute approximate surface area is 231 Å². The second kappa shape index (κ2) is 8.20. The summed E-state index contributed by atoms with van der Waals surface area (Å²) in [5.74, 6) is 3.13. The molecule has 6 aromatic rings. The molecular formula is C36H24O4. The van der Waals surface area contributed by atoms with Crippen LogP contribution in [0.5, 0.6) is 23.0 Å². The fourth-order valence-electron chi connectivity index (χ4n) is 6.67. The highest BCUT2D eigenvalue weighted by molar-refractivity contribution is 6.17. The van der Waals surface area contributed by atoms with Crippen molar-refractivity contribution in [3.8, 4) is 23.0 Å². The van der Waals surface area contributed by atoms with Crippen LogP contribution in [0.1, 0.15) is 38.2 Å². The lowest BCUT2D eigenvalue weighted by Gasteiger charge is -2.45. The lowest BCUT2D eigenvalue weighted by atomic mass is 9.58. The molecular weight excluding hydrogens is 496 g/mol. The molecule has 0 aromatic heterocycles. The van der Waals surface area contributed by atoms with Crippen molar-refractivity contribution in [2.45, 2.75) is 5.41 Å². The number of fused-ring (bicyclic) bond motifs is 10. The van der Waals surface area contributed by atoms with Crippen LogP contribution in [0.4, 0.5) is 0 Å². The van der Waals surface area contributed by atoms with Crippen LogP contribution in [-0.4, -0.2) is 20.0 Å². The first kappa shape index (κ1) is 22.9. The number of para-hydroxylation sites is 2. The average Bonchev–Trinajstić information content (AvgIpc) is 3.01. The van der Waals surface area contributed by atoms with Crippen LogP contribution in [0, 0.1) is 0 Å². The Morgan fingerprint density at radius 3 is 1.48 bits per heavy atom. The van der Waals surface area contributed by atoms with E-state index < -0.39 is 5.41 Å². The van der Waals surface area contributed by atoms with Crippen LogP contribution in [0.3, 0.4) is 0 Å². The van der Waals surface area contributed by atoms with Crippen molar-refractivity contribution in [2.75, 3.05) is 14.2 Å². The number of rotatable bonds is 2. The van der Waals surface area contributed by atoms with E-state index in [0.717, 1.165) is 66.8 Å². The predicted octanol–water partition coefficient (Wildman–Crippen LogP) is 8.04. The third kappa shape index (κ3) is 2.93. The predicted molar refractivity (Wildman–Crippen MR) is 156 cm³/mol. The lowest BCUT2D eigenvalue weighted by molar-refractivity contribution is 0.103. The molecule has 0 radical (unpaired) electrons. The van der Waals surface area contributed by atoms with E-state index in [0.29, 0.717) is 11.1 Å². The summed E-state index contributed by atoms with van der Waals surface area (Å²) in [7, 11) is 3.34. The van der Waals surface area contributed by atoms with Crippen LogP contribution < -0.4 is 14.2 Å². The molecule has 1 aliphatic carbocycles. The Morgan fingerprint density at radius 2 is 1.00 bits per heavy atom. The Bertz CT molecular complexity index is 1890. The van der Waals surface area contributed by atoms with Gasteiger partial charge in [-0.05, 0) is 93.3 Å². The molecule has 0 amide bonds. The minimum atomic E-state index is -0.779. The van der Waals surface area contributed by atoms with E-state index in [2.05, 4.69) is 24.3 Å². The third-order valence-corrected chi connectivity index (χ3v) is 8.47. The number of carbonyl (C=O) groups excluding carboxylic acids is 1. The van der Waals surface area contributed by atoms with E-state index in [1.165, 1.54) is 0 Å². The number of carbonyl (C=O) groups is 1. The third-order valence-electron chi connectivity index (χ3n) is 8.47. The van der Waals surface area contributed by atoms with Gasteiger partial charge in [-0.15, -0.1) is 0 Å². The number of benzene rings is 6. The van der Waals surface area contributed by atoms with Crippen LogP contribution >= 0.6 is 0 Å². The number of hydrogen-bond acceptors (Lipinski definition) is 4. The smallest absolute Gasteiger partial charge is 0.193 e. The Morgan fingerprint density at radius 1 is 0.525 bits per heavy atom. The standard InChI is InChI=1S/C36H24O4/c1-38-25-13-11-21-17-27-31(19-23(21)15-25)36(29-7-3-5-9-33(29)40-34-10-6-4-8-30(34)36)32-20-24-16-26(39-2)14-12-22(24)18-28(32)35(27)37/h3-20H,1-2H3. The van der Waals surface area contributed by atoms with Gasteiger partial charge in [0.05, 0.1) is 19.6 Å². The maximum atomic E-state index is 14.4. The summed E-state index contributed by atoms with van der Waals surface area (Å²) in [5.41, 5.74) is 4.52. The van der Waals surface area contributed by atoms with E-state index in [1.54, 1.807) is 14.2 Å². The number of hydrogen-bond donors (Lipinski definition) is 0. The Kier molecular flexibility index (Phi) is 4.69. The van der Waals surface area contributed by atoms with Crippen LogP contribution in [0.25, 0.3) is 21.5 Å². The largest absolute Gasteiger partial charge is 0.497 e. The Hall–Kier alpha value is -5.09. The molecule has 2 aliphatic rings. The molecule has 40 heavy (non-hydrogen) atoms. The molecule has 0 atom stereocenters. The quantitative estimate of drug-likeness (QED) is 0.231. The van der Waals surface area contributed by atoms with Gasteiger partial charge in [0.15, 0.2) is 5.78 Å². The summed E-state index contributed by atoms with van der Waals surface area (Å²) in [5, 5.41) is 4.01. The molecule has 4 nitrogen and oxygen atoms in total. The first-order chi connectivity index (χ1) is 19.6. The van der Waals surface area contributed by atoms with Gasteiger partial charge in [-0.1, -0.05) is 48.5 Å². The van der Waals surface area contributed by atoms with Gasteiger partial charge < -0.3 is 14.2 Å². The molecule has 1 aliphatic heterocycles. The summed E-state index contributed by atoms with van der Waals surface area (Å²) >= 11 is 0. The number of ether oxygens (including phenoxy) is 3. The van der Waals surface area contributed by atoms with Gasteiger partial charge in [0, 0.05) is 22.3 Å². The summed E-state index contributed by atoms with van der Waals surface area (Å²) < 4.78 is 17.6. The fourth-order valence-corrected chi connectivity index (χ4v) is 6.67. The highest BCUT2D eigenvalue weighted by Gasteiger charge is 2.51. The number of methoxy groups -OCH3 is 2. The zero-order valence-corrected chi connectivity index (χ0v) is 22.0. The highest BCUT2D eigenvalue weighted by Crippen LogP contribution is 2.59. The molecule has 0 unspecified atom stereocenters. The molecule has 0 bridgehead atoms. The van der Waals surface area contributed by atoms with Crippen LogP contribution in [0.2, 0.25) is 0 Å². The van der Waals surface area contributed by atoms with Gasteiger partial charge in [-0.2, -0.15) is 0 Å². The van der Waals surface area contributed by atoms with Crippen molar-refractivity contribution in [1.29, 1.82) is 0 Å². The van der Waals surface area contributed by atoms with Gasteiger partial charge >= 0.3 is 0 Å². The SMILES string of the molecule is COc1ccc2cc3c(cc2c1)C1(c2ccccc2Oc2ccccc21)c1cc2cc(OC)ccc2cc1C3=O. The average molecular weight is 521 g/mol. The van der Waals surface area contributed by atoms with Crippen molar-refractivity contribution in [1.82, 2.24) is 0 Å². The molecule has 192 valence electrons. The first-order valence-corrected chi connectivity index (χ1v) is 13.3. The minimum Gasteiger partial charge on any atom is -0.497 e. The molecule has 1 spiro atoms. The first-order valence-electron chi connectivity index (χ1n) is 13.3. The molecule has 0 fully saturated rings. The Balaban J connectivity index is 1.59. The van der Waals surface area contributed by atoms with Crippen LogP contribution in [0.15, 0.2) is 109 Å². The normalized spacial score (nSPS) is 14.2. The zero-order valence-electron chi connectivity index (χ0n) is 22.0. The van der Waals surface area contributed by atoms with Crippen molar-refractivity contribution in [2.24, 2.45) is 0 Å². The van der Waals surface area contributed by atoms with Gasteiger partial charge in [0.25, 0.3) is 0 Å². The van der Waals surface area contributed by atoms with Crippen molar-refractivity contribution < 1.29 is 19.0 Å². The van der Waals surface area contributed by atoms with E-state index in [1.807, 2.05) is 84.9 Å². The van der Waals surface area contributed by atoms with E-state index in [4.69, 9.17) is 14.2 Å². The highest BCUT2D eigenvalue weighted by atomic mass is 16.5. The minimum absolute atomic E-state index is 0.0208. The molecule has 0 N–H and O–H groups in total. The van der Waals surface area contributed by atoms with Crippen molar-refractivity contribution in [3.05, 3.63) is 143 Å². The van der Waals surface area contributed by atoms with Crippen molar-refractivity contribution in [3.63, 3.8) is 0 Å². The monoisotopic (exact) mass is 520 g/mol. The van der Waals surface area contributed by atoms with E-state index in [9.17, 15) is 4.79 Å². The van der Waals surface area contributed by atoms with Gasteiger partial charge in [-0.3, -0.25) is 4.79 Å². The maximum absolute atomic E-state index is 14.4. The zero-order chi connectivity index (χ0) is 27.0. The second-order valence-electron chi connectivity index (χ2n) is 10.4. The van der Waals surface area contributed by atoms with Gasteiger partial charge in [0.2, 0.25) is 0 Å². The fraction of sp³-hybridized carbons (Fsp3) is 0.0833. The van der Waals surface area contributed by atoms with Crippen LogP contribution in [-0.2, 0) is 5.41 Å². The molecule has 0 saturated heterocycles. The van der Waals surface area contributed by atoms with Gasteiger partial charge in [0.1, 0.15) is 23.0 Å². The summed E-state index contributed by atoms with van der Waals surface area (Å²) in [6.07, 6.45) is 0. The summed E-state index contributed by atoms with van der Waals surface area (Å²) in [4.78, 5) is 14.4. The summed E-state index contributed by atoms with van der Waals surface area (Å²) in [6.45, 7) is 0. The molecule has 1 heterocycles. The maximum Gasteiger partial charge on any atom is 0.193 e. The molecule has 0 saturated carbocycles. The number of ketones is 1. The second-order valence-corrected chi connectivity index (χ2v) is 10.4. The van der Waals surface area contributed by atoms with Gasteiger partial charge in [-0.25, -0.2) is 0 Å². The molecule has 6 aromatic carbocycles. The van der Waals surface area contributed by atoms with Crippen molar-refractivity contribution >= 4 is 27.3 Å². The summed E-state index contributed by atoms with van der Waals surface area (Å²) in [6, 6.07) is 36.7. The topological polar surface area (TPSA) is 44.8 Å².